The number of fused-ring (bicyclic) bond motifs is 1. The Labute approximate surface area is 277 Å². The number of hydrogen-bond donors (Lipinski definition) is 2. The first-order chi connectivity index (χ1) is 22.5. The topological polar surface area (TPSA) is 139 Å². The van der Waals surface area contributed by atoms with Crippen molar-refractivity contribution in [2.45, 2.75) is 36.5 Å². The highest BCUT2D eigenvalue weighted by atomic mass is 35.5. The van der Waals surface area contributed by atoms with Crippen LogP contribution in [0.2, 0.25) is 0 Å². The van der Waals surface area contributed by atoms with Crippen LogP contribution < -0.4 is 10.6 Å². The fraction of sp³-hybridized carbons (Fsp3) is 0.250. The maximum atomic E-state index is 13.8. The minimum atomic E-state index is -0.959. The molecule has 3 heterocycles. The Morgan fingerprint density at radius 1 is 1.13 bits per heavy atom. The number of halogens is 1. The number of ether oxygens (including phenoxy) is 1. The van der Waals surface area contributed by atoms with E-state index in [0.29, 0.717) is 24.2 Å². The van der Waals surface area contributed by atoms with Crippen molar-refractivity contribution in [2.24, 2.45) is 5.16 Å². The fourth-order valence-electron chi connectivity index (χ4n) is 5.25. The van der Waals surface area contributed by atoms with Crippen LogP contribution in [0.5, 0.6) is 0 Å². The number of thioether (sulfide) groups is 1. The lowest BCUT2D eigenvalue weighted by atomic mass is 10.0. The van der Waals surface area contributed by atoms with Gasteiger partial charge in [-0.1, -0.05) is 71.9 Å². The number of carbonyl (C=O) groups is 4. The molecule has 0 saturated carbocycles. The summed E-state index contributed by atoms with van der Waals surface area (Å²) < 4.78 is 6.09. The first kappa shape index (κ1) is 31.5. The molecule has 0 radical (unpaired) electrons. The summed E-state index contributed by atoms with van der Waals surface area (Å²) in [5.74, 6) is -1.47. The van der Waals surface area contributed by atoms with E-state index in [9.17, 15) is 19.2 Å². The molecular formula is C32H28ClN5O6S2. The molecule has 2 aromatic carbocycles. The number of aromatic nitrogens is 1. The number of allylic oxidation sites excluding steroid dienone is 1. The standard InChI is InChI=1S/C32H28ClN5O6S2/c33-15-21-16-45-30-25(36-28(40)24(37-44-22-13-7-8-14-22)23-17-46-32(35-23)34-18-39)29(41)38(30)26(21)31(42)43-27(19-9-3-1-4-10-19)20-11-5-2-6-12-20/h1-7,9-13,17-18,22,25,27,30H,8,14-16H2,(H,36,40)(H,34,35,39)/t22?,25?,30-/m0/s1. The maximum Gasteiger partial charge on any atom is 0.356 e. The van der Waals surface area contributed by atoms with Gasteiger partial charge in [-0.25, -0.2) is 9.78 Å². The van der Waals surface area contributed by atoms with E-state index in [-0.39, 0.29) is 34.2 Å². The van der Waals surface area contributed by atoms with Gasteiger partial charge in [-0.2, -0.15) is 0 Å². The summed E-state index contributed by atoms with van der Waals surface area (Å²) in [5.41, 5.74) is 2.22. The van der Waals surface area contributed by atoms with Crippen molar-refractivity contribution in [3.05, 3.63) is 106 Å². The SMILES string of the molecule is O=CNc1nc(C(=NOC2C=CCC2)C(=O)NC2C(=O)N3C(C(=O)OC(c4ccccc4)c4ccccc4)=C(CCl)CS[C@@H]23)cs1. The van der Waals surface area contributed by atoms with E-state index in [4.69, 9.17) is 21.2 Å². The molecule has 11 nitrogen and oxygen atoms in total. The van der Waals surface area contributed by atoms with Crippen molar-refractivity contribution in [1.82, 2.24) is 15.2 Å². The Bertz CT molecular complexity index is 1670. The summed E-state index contributed by atoms with van der Waals surface area (Å²) in [7, 11) is 0. The molecule has 3 atom stereocenters. The number of oxime groups is 1. The van der Waals surface area contributed by atoms with Crippen LogP contribution in [0.1, 0.15) is 35.8 Å². The third-order valence-corrected chi connectivity index (χ3v) is 9.95. The number of nitrogens with one attached hydrogen (secondary N) is 2. The summed E-state index contributed by atoms with van der Waals surface area (Å²) in [6.45, 7) is 0. The van der Waals surface area contributed by atoms with Crippen LogP contribution in [0, 0.1) is 0 Å². The van der Waals surface area contributed by atoms with Crippen LogP contribution in [0.25, 0.3) is 0 Å². The summed E-state index contributed by atoms with van der Waals surface area (Å²) in [4.78, 5) is 63.1. The van der Waals surface area contributed by atoms with Crippen molar-refractivity contribution in [3.63, 3.8) is 0 Å². The first-order valence-electron chi connectivity index (χ1n) is 14.4. The number of β-lactam (4-membered cyclic amide) rings is 1. The minimum Gasteiger partial charge on any atom is -0.448 e. The van der Waals surface area contributed by atoms with Crippen LogP contribution >= 0.6 is 34.7 Å². The van der Waals surface area contributed by atoms with Gasteiger partial charge in [-0.3, -0.25) is 19.3 Å². The number of amides is 3. The zero-order valence-corrected chi connectivity index (χ0v) is 26.6. The van der Waals surface area contributed by atoms with E-state index in [1.807, 2.05) is 72.8 Å². The van der Waals surface area contributed by atoms with E-state index in [1.54, 1.807) is 5.38 Å². The molecule has 46 heavy (non-hydrogen) atoms. The third kappa shape index (κ3) is 6.57. The Kier molecular flexibility index (Phi) is 9.81. The molecule has 3 aliphatic rings. The van der Waals surface area contributed by atoms with Crippen LogP contribution in [-0.4, -0.2) is 68.9 Å². The van der Waals surface area contributed by atoms with Crippen LogP contribution in [0.15, 0.2) is 94.6 Å². The molecule has 2 N–H and O–H groups in total. The molecule has 2 unspecified atom stereocenters. The monoisotopic (exact) mass is 677 g/mol. The lowest BCUT2D eigenvalue weighted by Gasteiger charge is -2.49. The Balaban J connectivity index is 1.22. The Morgan fingerprint density at radius 3 is 2.48 bits per heavy atom. The molecule has 14 heteroatoms. The molecule has 0 bridgehead atoms. The van der Waals surface area contributed by atoms with Crippen molar-refractivity contribution in [2.75, 3.05) is 16.9 Å². The normalized spacial score (nSPS) is 20.7. The molecule has 3 aromatic rings. The second-order valence-electron chi connectivity index (χ2n) is 10.4. The molecule has 2 aliphatic heterocycles. The van der Waals surface area contributed by atoms with E-state index in [1.165, 1.54) is 16.7 Å². The van der Waals surface area contributed by atoms with Gasteiger partial charge in [0.1, 0.15) is 28.9 Å². The number of anilines is 1. The van der Waals surface area contributed by atoms with Gasteiger partial charge in [-0.05, 0) is 35.6 Å². The highest BCUT2D eigenvalue weighted by Gasteiger charge is 2.55. The summed E-state index contributed by atoms with van der Waals surface area (Å²) >= 11 is 8.76. The second kappa shape index (κ2) is 14.3. The molecule has 1 saturated heterocycles. The Morgan fingerprint density at radius 2 is 1.85 bits per heavy atom. The van der Waals surface area contributed by atoms with Gasteiger partial charge in [0.25, 0.3) is 11.8 Å². The molecule has 1 aliphatic carbocycles. The third-order valence-electron chi connectivity index (χ3n) is 7.51. The average Bonchev–Trinajstić information content (AvgIpc) is 3.79. The smallest absolute Gasteiger partial charge is 0.356 e. The number of hydrogen-bond acceptors (Lipinski definition) is 10. The summed E-state index contributed by atoms with van der Waals surface area (Å²) in [6, 6.07) is 17.7. The Hall–Kier alpha value is -4.46. The highest BCUT2D eigenvalue weighted by molar-refractivity contribution is 8.00. The molecule has 1 fully saturated rings. The zero-order chi connectivity index (χ0) is 32.0. The number of alkyl halides is 1. The molecule has 6 rings (SSSR count). The van der Waals surface area contributed by atoms with E-state index < -0.39 is 35.3 Å². The average molecular weight is 678 g/mol. The number of nitrogens with zero attached hydrogens (tertiary/aromatic N) is 3. The quantitative estimate of drug-likeness (QED) is 0.0548. The largest absolute Gasteiger partial charge is 0.448 e. The van der Waals surface area contributed by atoms with Gasteiger partial charge in [0.2, 0.25) is 6.41 Å². The molecule has 1 aromatic heterocycles. The number of esters is 1. The van der Waals surface area contributed by atoms with Crippen molar-refractivity contribution in [3.8, 4) is 0 Å². The van der Waals surface area contributed by atoms with Crippen molar-refractivity contribution in [1.29, 1.82) is 0 Å². The van der Waals surface area contributed by atoms with Gasteiger partial charge < -0.3 is 20.2 Å². The molecular weight excluding hydrogens is 650 g/mol. The number of rotatable bonds is 12. The van der Waals surface area contributed by atoms with Crippen molar-refractivity contribution < 1.29 is 28.8 Å². The van der Waals surface area contributed by atoms with Crippen LogP contribution in [0.3, 0.4) is 0 Å². The number of benzene rings is 2. The van der Waals surface area contributed by atoms with Crippen molar-refractivity contribution >= 4 is 69.7 Å². The summed E-state index contributed by atoms with van der Waals surface area (Å²) in [5, 5.41) is 10.5. The fourth-order valence-corrected chi connectivity index (χ4v) is 7.58. The first-order valence-corrected chi connectivity index (χ1v) is 16.9. The predicted molar refractivity (Wildman–Crippen MR) is 175 cm³/mol. The van der Waals surface area contributed by atoms with Gasteiger partial charge >= 0.3 is 5.97 Å². The lowest BCUT2D eigenvalue weighted by Crippen LogP contribution is -2.71. The number of thiazole rings is 1. The van der Waals surface area contributed by atoms with Gasteiger partial charge in [-0.15, -0.1) is 34.7 Å². The second-order valence-corrected chi connectivity index (χ2v) is 12.7. The number of carbonyl (C=O) groups excluding carboxylic acids is 4. The predicted octanol–water partition coefficient (Wildman–Crippen LogP) is 4.38. The highest BCUT2D eigenvalue weighted by Crippen LogP contribution is 2.42. The van der Waals surface area contributed by atoms with E-state index >= 15 is 0 Å². The molecule has 0 spiro atoms. The van der Waals surface area contributed by atoms with E-state index in [0.717, 1.165) is 28.9 Å². The van der Waals surface area contributed by atoms with E-state index in [2.05, 4.69) is 20.8 Å². The van der Waals surface area contributed by atoms with Crippen LogP contribution in [0.4, 0.5) is 5.13 Å². The van der Waals surface area contributed by atoms with Gasteiger partial charge in [0.05, 0.1) is 0 Å². The lowest BCUT2D eigenvalue weighted by molar-refractivity contribution is -0.154. The zero-order valence-electron chi connectivity index (χ0n) is 24.2. The van der Waals surface area contributed by atoms with Gasteiger partial charge in [0, 0.05) is 17.0 Å². The van der Waals surface area contributed by atoms with Crippen LogP contribution in [-0.2, 0) is 28.8 Å². The van der Waals surface area contributed by atoms with Gasteiger partial charge in [0.15, 0.2) is 16.9 Å². The summed E-state index contributed by atoms with van der Waals surface area (Å²) in [6.07, 6.45) is 4.82. The minimum absolute atomic E-state index is 0.0248. The molecule has 3 amide bonds. The molecule has 236 valence electrons. The maximum absolute atomic E-state index is 13.8.